The predicted octanol–water partition coefficient (Wildman–Crippen LogP) is 4.61. The van der Waals surface area contributed by atoms with Crippen LogP contribution in [-0.2, 0) is 4.74 Å². The Labute approximate surface area is 190 Å². The third-order valence-electron chi connectivity index (χ3n) is 5.38. The highest BCUT2D eigenvalue weighted by Crippen LogP contribution is 2.34. The molecule has 4 aromatic rings. The number of ether oxygens (including phenoxy) is 2. The second kappa shape index (κ2) is 8.72. The number of nitrogens with zero attached hydrogens (tertiary/aromatic N) is 6. The van der Waals surface area contributed by atoms with Gasteiger partial charge in [-0.25, -0.2) is 15.0 Å². The highest BCUT2D eigenvalue weighted by Gasteiger charge is 2.28. The van der Waals surface area contributed by atoms with E-state index in [1.54, 1.807) is 12.5 Å². The number of aliphatic imine (C=N–C) groups is 1. The summed E-state index contributed by atoms with van der Waals surface area (Å²) >= 11 is 6.40. The molecule has 4 heterocycles. The summed E-state index contributed by atoms with van der Waals surface area (Å²) in [7, 11) is 3.84. The molecule has 32 heavy (non-hydrogen) atoms. The van der Waals surface area contributed by atoms with Crippen LogP contribution in [0.15, 0.2) is 54.0 Å². The van der Waals surface area contributed by atoms with Gasteiger partial charge in [-0.3, -0.25) is 4.98 Å². The molecule has 0 radical (unpaired) electrons. The van der Waals surface area contributed by atoms with E-state index in [9.17, 15) is 0 Å². The molecule has 1 aromatic carbocycles. The Morgan fingerprint density at radius 3 is 3.03 bits per heavy atom. The number of fused-ring (bicyclic) bond motifs is 2. The topological polar surface area (TPSA) is 77.7 Å². The van der Waals surface area contributed by atoms with Crippen LogP contribution in [0.1, 0.15) is 19.1 Å². The molecule has 2 unspecified atom stereocenters. The Kier molecular flexibility index (Phi) is 5.63. The van der Waals surface area contributed by atoms with Gasteiger partial charge < -0.3 is 18.9 Å². The fraction of sp³-hybridized carbons (Fsp3) is 0.304. The van der Waals surface area contributed by atoms with Gasteiger partial charge in [0.25, 0.3) is 0 Å². The van der Waals surface area contributed by atoms with Crippen molar-refractivity contribution >= 4 is 45.7 Å². The maximum Gasteiger partial charge on any atom is 0.166 e. The van der Waals surface area contributed by atoms with E-state index >= 15 is 0 Å². The first-order chi connectivity index (χ1) is 15.6. The number of hydrogen-bond donors (Lipinski definition) is 0. The number of benzene rings is 1. The fourth-order valence-electron chi connectivity index (χ4n) is 3.84. The Balaban J connectivity index is 1.28. The summed E-state index contributed by atoms with van der Waals surface area (Å²) in [5.41, 5.74) is 1.66. The molecule has 5 rings (SSSR count). The van der Waals surface area contributed by atoms with Crippen molar-refractivity contribution in [2.24, 2.45) is 4.99 Å². The quantitative estimate of drug-likeness (QED) is 0.315. The van der Waals surface area contributed by atoms with Crippen molar-refractivity contribution in [2.75, 3.05) is 20.7 Å². The van der Waals surface area contributed by atoms with Crippen molar-refractivity contribution in [3.8, 4) is 5.75 Å². The molecule has 2 atom stereocenters. The summed E-state index contributed by atoms with van der Waals surface area (Å²) in [5.74, 6) is 1.26. The number of aromatic nitrogens is 4. The first-order valence-corrected chi connectivity index (χ1v) is 10.8. The maximum absolute atomic E-state index is 6.40. The molecular weight excluding hydrogens is 428 g/mol. The van der Waals surface area contributed by atoms with Crippen molar-refractivity contribution in [1.82, 2.24) is 24.4 Å². The largest absolute Gasteiger partial charge is 0.489 e. The second-order valence-corrected chi connectivity index (χ2v) is 8.35. The third-order valence-corrected chi connectivity index (χ3v) is 5.67. The molecule has 164 valence electrons. The van der Waals surface area contributed by atoms with Gasteiger partial charge in [-0.1, -0.05) is 17.7 Å². The van der Waals surface area contributed by atoms with Gasteiger partial charge >= 0.3 is 0 Å². The number of hydrogen-bond acceptors (Lipinski definition) is 6. The fourth-order valence-corrected chi connectivity index (χ4v) is 4.07. The van der Waals surface area contributed by atoms with E-state index in [-0.39, 0.29) is 12.3 Å². The molecule has 8 nitrogen and oxygen atoms in total. The van der Waals surface area contributed by atoms with Gasteiger partial charge in [-0.2, -0.15) is 0 Å². The highest BCUT2D eigenvalue weighted by molar-refractivity contribution is 6.32. The average Bonchev–Trinajstić information content (AvgIpc) is 3.43. The summed E-state index contributed by atoms with van der Waals surface area (Å²) in [6.07, 6.45) is 8.59. The molecule has 0 bridgehead atoms. The first kappa shape index (κ1) is 20.7. The minimum atomic E-state index is -0.115. The van der Waals surface area contributed by atoms with Crippen LogP contribution in [0.2, 0.25) is 5.02 Å². The molecule has 0 N–H and O–H groups in total. The summed E-state index contributed by atoms with van der Waals surface area (Å²) in [4.78, 5) is 19.4. The van der Waals surface area contributed by atoms with Crippen molar-refractivity contribution in [3.05, 3.63) is 54.1 Å². The van der Waals surface area contributed by atoms with Gasteiger partial charge in [0.1, 0.15) is 30.6 Å². The van der Waals surface area contributed by atoms with Crippen molar-refractivity contribution in [1.29, 1.82) is 0 Å². The Hall–Kier alpha value is -3.23. The molecular formula is C23H23ClN6O2. The van der Waals surface area contributed by atoms with E-state index in [0.717, 1.165) is 34.8 Å². The van der Waals surface area contributed by atoms with E-state index in [1.807, 2.05) is 60.1 Å². The average molecular weight is 451 g/mol. The van der Waals surface area contributed by atoms with Crippen LogP contribution in [0, 0.1) is 0 Å². The molecule has 0 spiro atoms. The van der Waals surface area contributed by atoms with Gasteiger partial charge in [-0.05, 0) is 31.0 Å². The number of halogens is 1. The van der Waals surface area contributed by atoms with Crippen LogP contribution >= 0.6 is 11.6 Å². The molecule has 0 saturated carbocycles. The van der Waals surface area contributed by atoms with Gasteiger partial charge in [0, 0.05) is 37.9 Å². The van der Waals surface area contributed by atoms with E-state index < -0.39 is 0 Å². The molecule has 0 amide bonds. The summed E-state index contributed by atoms with van der Waals surface area (Å²) in [6.45, 7) is 0.418. The summed E-state index contributed by atoms with van der Waals surface area (Å²) < 4.78 is 14.3. The Morgan fingerprint density at radius 2 is 2.16 bits per heavy atom. The number of pyridine rings is 1. The van der Waals surface area contributed by atoms with Crippen molar-refractivity contribution in [2.45, 2.75) is 25.2 Å². The number of rotatable bonds is 6. The third kappa shape index (κ3) is 4.11. The first-order valence-electron chi connectivity index (χ1n) is 10.4. The lowest BCUT2D eigenvalue weighted by molar-refractivity contribution is -0.0155. The van der Waals surface area contributed by atoms with Gasteiger partial charge in [-0.15, -0.1) is 0 Å². The van der Waals surface area contributed by atoms with Crippen LogP contribution in [-0.4, -0.2) is 57.6 Å². The van der Waals surface area contributed by atoms with Gasteiger partial charge in [0.05, 0.1) is 28.4 Å². The zero-order chi connectivity index (χ0) is 22.1. The molecule has 1 fully saturated rings. The smallest absolute Gasteiger partial charge is 0.166 e. The van der Waals surface area contributed by atoms with E-state index in [1.165, 1.54) is 6.33 Å². The normalized spacial score (nSPS) is 18.7. The van der Waals surface area contributed by atoms with Gasteiger partial charge in [0.15, 0.2) is 5.82 Å². The van der Waals surface area contributed by atoms with Crippen LogP contribution in [0.3, 0.4) is 0 Å². The molecule has 0 aliphatic carbocycles. The van der Waals surface area contributed by atoms with Gasteiger partial charge in [0.2, 0.25) is 0 Å². The van der Waals surface area contributed by atoms with Crippen LogP contribution in [0.4, 0.5) is 5.82 Å². The van der Waals surface area contributed by atoms with E-state index in [4.69, 9.17) is 21.1 Å². The predicted molar refractivity (Wildman–Crippen MR) is 125 cm³/mol. The molecule has 9 heteroatoms. The lowest BCUT2D eigenvalue weighted by Crippen LogP contribution is -2.18. The zero-order valence-electron chi connectivity index (χ0n) is 17.8. The van der Waals surface area contributed by atoms with E-state index in [0.29, 0.717) is 23.2 Å². The molecule has 1 saturated heterocycles. The summed E-state index contributed by atoms with van der Waals surface area (Å²) in [5, 5.41) is 2.45. The Morgan fingerprint density at radius 1 is 1.25 bits per heavy atom. The lowest BCUT2D eigenvalue weighted by Gasteiger charge is -2.17. The monoisotopic (exact) mass is 450 g/mol. The molecule has 3 aromatic heterocycles. The molecule has 1 aliphatic heterocycles. The summed E-state index contributed by atoms with van der Waals surface area (Å²) in [6, 6.07) is 9.59. The zero-order valence-corrected chi connectivity index (χ0v) is 18.6. The SMILES string of the molecule is CN(C)/C=N/c1ncnc2c1ccn2C1CCC(COc2cc3ncccc3cc2Cl)O1. The lowest BCUT2D eigenvalue weighted by atomic mass is 10.2. The Bertz CT molecular complexity index is 1290. The van der Waals surface area contributed by atoms with E-state index in [2.05, 4.69) is 19.9 Å². The van der Waals surface area contributed by atoms with Crippen LogP contribution in [0.5, 0.6) is 5.75 Å². The second-order valence-electron chi connectivity index (χ2n) is 7.95. The maximum atomic E-state index is 6.40. The minimum Gasteiger partial charge on any atom is -0.489 e. The van der Waals surface area contributed by atoms with Crippen LogP contribution in [0.25, 0.3) is 21.9 Å². The minimum absolute atomic E-state index is 0.0407. The van der Waals surface area contributed by atoms with Crippen LogP contribution < -0.4 is 4.74 Å². The molecule has 1 aliphatic rings. The highest BCUT2D eigenvalue weighted by atomic mass is 35.5. The van der Waals surface area contributed by atoms with Crippen molar-refractivity contribution < 1.29 is 9.47 Å². The van der Waals surface area contributed by atoms with Crippen molar-refractivity contribution in [3.63, 3.8) is 0 Å². The standard InChI is InChI=1S/C23H23ClN6O2/c1-29(2)14-28-22-17-7-9-30(23(17)27-13-26-22)21-6-5-16(32-21)12-31-20-11-19-15(10-18(20)24)4-3-8-25-19/h3-4,7-11,13-14,16,21H,5-6,12H2,1-2H3/b28-14+.